The first-order valence-corrected chi connectivity index (χ1v) is 6.99. The van der Waals surface area contributed by atoms with Gasteiger partial charge in [0.1, 0.15) is 6.04 Å². The van der Waals surface area contributed by atoms with E-state index < -0.39 is 18.0 Å². The number of aromatic carboxylic acids is 2. The van der Waals surface area contributed by atoms with E-state index in [1.165, 1.54) is 30.3 Å². The van der Waals surface area contributed by atoms with Crippen LogP contribution >= 0.6 is 0 Å². The second-order valence-corrected chi connectivity index (χ2v) is 5.18. The topological polar surface area (TPSA) is 128 Å². The minimum atomic E-state index is -1.09. The van der Waals surface area contributed by atoms with Crippen LogP contribution in [-0.2, 0) is 4.79 Å². The number of nitrogens with one attached hydrogen (secondary N) is 3. The van der Waals surface area contributed by atoms with Gasteiger partial charge in [0.25, 0.3) is 0 Å². The van der Waals surface area contributed by atoms with Crippen LogP contribution in [0.25, 0.3) is 0 Å². The van der Waals surface area contributed by atoms with Crippen molar-refractivity contribution in [3.8, 4) is 0 Å². The number of carboxylic acids is 2. The summed E-state index contributed by atoms with van der Waals surface area (Å²) in [5.74, 6) is -2.49. The monoisotopic (exact) mass is 327 g/mol. The summed E-state index contributed by atoms with van der Waals surface area (Å²) < 4.78 is 0. The molecule has 122 valence electrons. The maximum absolute atomic E-state index is 12.1. The predicted octanol–water partition coefficient (Wildman–Crippen LogP) is 1.69. The molecule has 1 atom stereocenters. The Morgan fingerprint density at radius 3 is 2.42 bits per heavy atom. The fraction of sp³-hybridized carbons (Fsp3) is 0.0625. The number of carbonyl (C=O) groups is 3. The average Bonchev–Trinajstić information content (AvgIpc) is 2.87. The zero-order valence-electron chi connectivity index (χ0n) is 12.2. The molecule has 1 heterocycles. The van der Waals surface area contributed by atoms with Gasteiger partial charge in [0.2, 0.25) is 5.91 Å². The zero-order valence-corrected chi connectivity index (χ0v) is 12.2. The first-order chi connectivity index (χ1) is 11.5. The number of carboxylic acid groups (broad SMARTS) is 2. The Morgan fingerprint density at radius 1 is 1.00 bits per heavy atom. The van der Waals surface area contributed by atoms with Crippen LogP contribution in [0.15, 0.2) is 42.5 Å². The highest BCUT2D eigenvalue weighted by Crippen LogP contribution is 2.31. The Morgan fingerprint density at radius 2 is 1.71 bits per heavy atom. The van der Waals surface area contributed by atoms with Crippen molar-refractivity contribution >= 4 is 29.2 Å². The molecule has 0 aromatic heterocycles. The molecular formula is C16H13N3O5. The van der Waals surface area contributed by atoms with Gasteiger partial charge in [-0.05, 0) is 36.4 Å². The number of rotatable bonds is 5. The number of fused-ring (bicyclic) bond motifs is 1. The third kappa shape index (κ3) is 2.90. The minimum absolute atomic E-state index is 0.0740. The molecule has 3 rings (SSSR count). The van der Waals surface area contributed by atoms with Gasteiger partial charge in [0, 0.05) is 16.9 Å². The predicted molar refractivity (Wildman–Crippen MR) is 84.9 cm³/mol. The SMILES string of the molecule is O=C(O)c1cccc(NNC2C(=O)Nc3ccc(C(=O)O)cc32)c1. The summed E-state index contributed by atoms with van der Waals surface area (Å²) in [7, 11) is 0. The highest BCUT2D eigenvalue weighted by atomic mass is 16.4. The highest BCUT2D eigenvalue weighted by molar-refractivity contribution is 6.03. The van der Waals surface area contributed by atoms with Gasteiger partial charge < -0.3 is 21.0 Å². The summed E-state index contributed by atoms with van der Waals surface area (Å²) >= 11 is 0. The van der Waals surface area contributed by atoms with E-state index in [0.29, 0.717) is 16.9 Å². The van der Waals surface area contributed by atoms with Gasteiger partial charge in [-0.2, -0.15) is 0 Å². The van der Waals surface area contributed by atoms with Crippen LogP contribution in [0.3, 0.4) is 0 Å². The molecule has 0 saturated carbocycles. The second kappa shape index (κ2) is 6.01. The number of hydrogen-bond acceptors (Lipinski definition) is 5. The van der Waals surface area contributed by atoms with Crippen molar-refractivity contribution in [2.75, 3.05) is 10.7 Å². The van der Waals surface area contributed by atoms with Gasteiger partial charge in [-0.25, -0.2) is 15.0 Å². The number of hydrazine groups is 1. The number of benzene rings is 2. The minimum Gasteiger partial charge on any atom is -0.478 e. The molecule has 1 amide bonds. The van der Waals surface area contributed by atoms with E-state index in [4.69, 9.17) is 10.2 Å². The number of amides is 1. The van der Waals surface area contributed by atoms with E-state index >= 15 is 0 Å². The van der Waals surface area contributed by atoms with E-state index in [2.05, 4.69) is 16.2 Å². The maximum Gasteiger partial charge on any atom is 0.335 e. The third-order valence-electron chi connectivity index (χ3n) is 3.60. The van der Waals surface area contributed by atoms with Crippen LogP contribution in [0.5, 0.6) is 0 Å². The molecule has 5 N–H and O–H groups in total. The lowest BCUT2D eigenvalue weighted by Gasteiger charge is -2.14. The summed E-state index contributed by atoms with van der Waals surface area (Å²) in [6.07, 6.45) is 0. The van der Waals surface area contributed by atoms with Gasteiger partial charge in [-0.1, -0.05) is 6.07 Å². The lowest BCUT2D eigenvalue weighted by Crippen LogP contribution is -2.32. The third-order valence-corrected chi connectivity index (χ3v) is 3.60. The maximum atomic E-state index is 12.1. The molecular weight excluding hydrogens is 314 g/mol. The summed E-state index contributed by atoms with van der Waals surface area (Å²) in [5.41, 5.74) is 7.24. The number of carbonyl (C=O) groups excluding carboxylic acids is 1. The van der Waals surface area contributed by atoms with Gasteiger partial charge >= 0.3 is 11.9 Å². The standard InChI is InChI=1S/C16H13N3O5/c20-14-13(11-7-9(16(23)24)4-5-12(11)17-14)19-18-10-3-1-2-8(6-10)15(21)22/h1-7,13,18-19H,(H,17,20)(H,21,22)(H,23,24). The largest absolute Gasteiger partial charge is 0.478 e. The molecule has 8 nitrogen and oxygen atoms in total. The number of anilines is 2. The zero-order chi connectivity index (χ0) is 17.3. The second-order valence-electron chi connectivity index (χ2n) is 5.18. The first kappa shape index (κ1) is 15.5. The Bertz CT molecular complexity index is 849. The Labute approximate surface area is 136 Å². The van der Waals surface area contributed by atoms with Crippen LogP contribution in [0, 0.1) is 0 Å². The molecule has 24 heavy (non-hydrogen) atoms. The Hall–Kier alpha value is -3.39. The Kier molecular flexibility index (Phi) is 3.88. The van der Waals surface area contributed by atoms with Crippen molar-refractivity contribution in [2.45, 2.75) is 6.04 Å². The molecule has 0 aliphatic carbocycles. The molecule has 0 fully saturated rings. The van der Waals surface area contributed by atoms with Crippen molar-refractivity contribution in [1.82, 2.24) is 5.43 Å². The molecule has 0 bridgehead atoms. The molecule has 1 aliphatic heterocycles. The molecule has 0 saturated heterocycles. The molecule has 8 heteroatoms. The van der Waals surface area contributed by atoms with Crippen molar-refractivity contribution in [3.05, 3.63) is 59.2 Å². The summed E-state index contributed by atoms with van der Waals surface area (Å²) in [5, 5.41) is 20.7. The fourth-order valence-electron chi connectivity index (χ4n) is 2.42. The summed E-state index contributed by atoms with van der Waals surface area (Å²) in [4.78, 5) is 34.1. The lowest BCUT2D eigenvalue weighted by atomic mass is 10.1. The molecule has 2 aromatic carbocycles. The van der Waals surface area contributed by atoms with Crippen molar-refractivity contribution in [3.63, 3.8) is 0 Å². The molecule has 2 aromatic rings. The van der Waals surface area contributed by atoms with Crippen LogP contribution in [0.2, 0.25) is 0 Å². The van der Waals surface area contributed by atoms with Gasteiger partial charge in [-0.15, -0.1) is 0 Å². The highest BCUT2D eigenvalue weighted by Gasteiger charge is 2.31. The lowest BCUT2D eigenvalue weighted by molar-refractivity contribution is -0.117. The van der Waals surface area contributed by atoms with E-state index in [1.807, 2.05) is 0 Å². The summed E-state index contributed by atoms with van der Waals surface area (Å²) in [6.45, 7) is 0. The van der Waals surface area contributed by atoms with Gasteiger partial charge in [0.15, 0.2) is 0 Å². The number of hydrogen-bond donors (Lipinski definition) is 5. The van der Waals surface area contributed by atoms with Gasteiger partial charge in [0.05, 0.1) is 11.1 Å². The molecule has 0 spiro atoms. The van der Waals surface area contributed by atoms with E-state index in [0.717, 1.165) is 0 Å². The van der Waals surface area contributed by atoms with Crippen LogP contribution in [0.4, 0.5) is 11.4 Å². The quantitative estimate of drug-likeness (QED) is 0.529. The average molecular weight is 327 g/mol. The van der Waals surface area contributed by atoms with Gasteiger partial charge in [-0.3, -0.25) is 4.79 Å². The van der Waals surface area contributed by atoms with Crippen LogP contribution in [0.1, 0.15) is 32.3 Å². The summed E-state index contributed by atoms with van der Waals surface area (Å²) in [6, 6.07) is 9.63. The molecule has 0 radical (unpaired) electrons. The van der Waals surface area contributed by atoms with Crippen LogP contribution < -0.4 is 16.2 Å². The van der Waals surface area contributed by atoms with Crippen molar-refractivity contribution in [1.29, 1.82) is 0 Å². The molecule has 1 aliphatic rings. The normalized spacial score (nSPS) is 15.5. The first-order valence-electron chi connectivity index (χ1n) is 6.99. The van der Waals surface area contributed by atoms with Crippen molar-refractivity contribution in [2.24, 2.45) is 0 Å². The van der Waals surface area contributed by atoms with E-state index in [1.54, 1.807) is 12.1 Å². The molecule has 1 unspecified atom stereocenters. The van der Waals surface area contributed by atoms with Crippen LogP contribution in [-0.4, -0.2) is 28.1 Å². The Balaban J connectivity index is 1.80. The van der Waals surface area contributed by atoms with E-state index in [9.17, 15) is 14.4 Å². The smallest absolute Gasteiger partial charge is 0.335 e. The van der Waals surface area contributed by atoms with Crippen molar-refractivity contribution < 1.29 is 24.6 Å². The van der Waals surface area contributed by atoms with E-state index in [-0.39, 0.29) is 17.0 Å². The fourth-order valence-corrected chi connectivity index (χ4v) is 2.42.